The molecule has 0 fully saturated rings. The van der Waals surface area contributed by atoms with Gasteiger partial charge in [0, 0.05) is 29.1 Å². The number of carbonyl (C=O) groups excluding carboxylic acids is 3. The molecule has 0 bridgehead atoms. The third-order valence-corrected chi connectivity index (χ3v) is 5.66. The average Bonchev–Trinajstić information content (AvgIpc) is 2.84. The maximum absolute atomic E-state index is 12.7. The van der Waals surface area contributed by atoms with Crippen molar-refractivity contribution < 1.29 is 24.3 Å². The SMILES string of the molecule is C[C@H](NC(=O)CC(CC(=O)c1ccc(-c2ccc(Cl)cc2)cc1)C(=O)O)C(=O)Nc1ccccc1. The van der Waals surface area contributed by atoms with Crippen LogP contribution in [0.4, 0.5) is 5.69 Å². The Hall–Kier alpha value is -3.97. The van der Waals surface area contributed by atoms with E-state index in [0.29, 0.717) is 16.3 Å². The van der Waals surface area contributed by atoms with Gasteiger partial charge in [-0.3, -0.25) is 19.2 Å². The average molecular weight is 493 g/mol. The third-order valence-electron chi connectivity index (χ3n) is 5.41. The van der Waals surface area contributed by atoms with Crippen molar-refractivity contribution in [1.29, 1.82) is 0 Å². The number of hydrogen-bond acceptors (Lipinski definition) is 4. The van der Waals surface area contributed by atoms with E-state index in [1.54, 1.807) is 60.7 Å². The molecule has 0 spiro atoms. The summed E-state index contributed by atoms with van der Waals surface area (Å²) in [7, 11) is 0. The van der Waals surface area contributed by atoms with Crippen LogP contribution in [0.2, 0.25) is 5.02 Å². The third kappa shape index (κ3) is 7.52. The van der Waals surface area contributed by atoms with Gasteiger partial charge in [-0.15, -0.1) is 0 Å². The molecular formula is C27H25ClN2O5. The summed E-state index contributed by atoms with van der Waals surface area (Å²) in [5, 5.41) is 15.3. The molecule has 3 aromatic rings. The number of Topliss-reactive ketones (excluding diaryl/α,β-unsaturated/α-hetero) is 1. The Labute approximate surface area is 208 Å². The molecular weight excluding hydrogens is 468 g/mol. The maximum atomic E-state index is 12.7. The lowest BCUT2D eigenvalue weighted by molar-refractivity contribution is -0.144. The first-order valence-electron chi connectivity index (χ1n) is 11.0. The number of aliphatic carboxylic acids is 1. The summed E-state index contributed by atoms with van der Waals surface area (Å²) in [6.07, 6.45) is -0.763. The first-order chi connectivity index (χ1) is 16.7. The van der Waals surface area contributed by atoms with Gasteiger partial charge in [0.25, 0.3) is 0 Å². The summed E-state index contributed by atoms with van der Waals surface area (Å²) >= 11 is 5.91. The second kappa shape index (κ2) is 11.9. The Morgan fingerprint density at radius 2 is 1.40 bits per heavy atom. The first kappa shape index (κ1) is 25.6. The van der Waals surface area contributed by atoms with Gasteiger partial charge in [-0.2, -0.15) is 0 Å². The molecule has 0 aliphatic heterocycles. The minimum Gasteiger partial charge on any atom is -0.481 e. The number of amides is 2. The molecule has 180 valence electrons. The van der Waals surface area contributed by atoms with Crippen LogP contribution in [-0.2, 0) is 14.4 Å². The summed E-state index contributed by atoms with van der Waals surface area (Å²) in [4.78, 5) is 49.1. The van der Waals surface area contributed by atoms with Gasteiger partial charge >= 0.3 is 5.97 Å². The van der Waals surface area contributed by atoms with Crippen molar-refractivity contribution in [2.75, 3.05) is 5.32 Å². The van der Waals surface area contributed by atoms with Crippen LogP contribution >= 0.6 is 11.6 Å². The van der Waals surface area contributed by atoms with Crippen LogP contribution in [-0.4, -0.2) is 34.7 Å². The Bertz CT molecular complexity index is 1190. The van der Waals surface area contributed by atoms with Gasteiger partial charge in [-0.1, -0.05) is 66.2 Å². The number of nitrogens with one attached hydrogen (secondary N) is 2. The number of benzene rings is 3. The molecule has 7 nitrogen and oxygen atoms in total. The molecule has 2 atom stereocenters. The molecule has 35 heavy (non-hydrogen) atoms. The van der Waals surface area contributed by atoms with Crippen LogP contribution in [0.5, 0.6) is 0 Å². The van der Waals surface area contributed by atoms with E-state index in [4.69, 9.17) is 11.6 Å². The molecule has 0 saturated heterocycles. The number of halogens is 1. The standard InChI is InChI=1S/C27H25ClN2O5/c1-17(26(33)30-23-5-3-2-4-6-23)29-25(32)16-21(27(34)35)15-24(31)20-9-7-18(8-10-20)19-11-13-22(28)14-12-19/h2-14,17,21H,15-16H2,1H3,(H,29,32)(H,30,33)(H,34,35)/t17-,21?/m0/s1. The number of para-hydroxylation sites is 1. The molecule has 0 saturated carbocycles. The first-order valence-corrected chi connectivity index (χ1v) is 11.4. The van der Waals surface area contributed by atoms with Crippen LogP contribution in [0.25, 0.3) is 11.1 Å². The van der Waals surface area contributed by atoms with Gasteiger partial charge < -0.3 is 15.7 Å². The van der Waals surface area contributed by atoms with Crippen LogP contribution in [0, 0.1) is 5.92 Å². The molecule has 2 amide bonds. The second-order valence-corrected chi connectivity index (χ2v) is 8.53. The van der Waals surface area contributed by atoms with E-state index in [-0.39, 0.29) is 12.2 Å². The number of rotatable bonds is 10. The summed E-state index contributed by atoms with van der Waals surface area (Å²) in [5.74, 6) is -3.93. The van der Waals surface area contributed by atoms with Crippen molar-refractivity contribution in [2.24, 2.45) is 5.92 Å². The van der Waals surface area contributed by atoms with Crippen LogP contribution in [0.1, 0.15) is 30.1 Å². The van der Waals surface area contributed by atoms with Crippen LogP contribution < -0.4 is 10.6 Å². The molecule has 3 aromatic carbocycles. The predicted molar refractivity (Wildman–Crippen MR) is 134 cm³/mol. The molecule has 0 aromatic heterocycles. The Morgan fingerprint density at radius 1 is 0.829 bits per heavy atom. The molecule has 0 heterocycles. The highest BCUT2D eigenvalue weighted by molar-refractivity contribution is 6.30. The fourth-order valence-corrected chi connectivity index (χ4v) is 3.57. The number of ketones is 1. The summed E-state index contributed by atoms with van der Waals surface area (Å²) in [5.41, 5.74) is 2.74. The smallest absolute Gasteiger partial charge is 0.307 e. The zero-order valence-electron chi connectivity index (χ0n) is 19.0. The molecule has 3 N–H and O–H groups in total. The van der Waals surface area contributed by atoms with Crippen molar-refractivity contribution in [2.45, 2.75) is 25.8 Å². The van der Waals surface area contributed by atoms with Gasteiger partial charge in [0.05, 0.1) is 5.92 Å². The molecule has 0 aliphatic carbocycles. The zero-order valence-corrected chi connectivity index (χ0v) is 19.8. The Kier molecular flexibility index (Phi) is 8.75. The highest BCUT2D eigenvalue weighted by Gasteiger charge is 2.26. The second-order valence-electron chi connectivity index (χ2n) is 8.10. The van der Waals surface area contributed by atoms with Gasteiger partial charge in [-0.05, 0) is 42.3 Å². The van der Waals surface area contributed by atoms with E-state index in [2.05, 4.69) is 10.6 Å². The van der Waals surface area contributed by atoms with Gasteiger partial charge in [0.2, 0.25) is 11.8 Å². The topological polar surface area (TPSA) is 113 Å². The van der Waals surface area contributed by atoms with E-state index in [1.165, 1.54) is 6.92 Å². The molecule has 0 radical (unpaired) electrons. The van der Waals surface area contributed by atoms with E-state index in [1.807, 2.05) is 18.2 Å². The largest absolute Gasteiger partial charge is 0.481 e. The molecule has 0 aliphatic rings. The highest BCUT2D eigenvalue weighted by atomic mass is 35.5. The van der Waals surface area contributed by atoms with Gasteiger partial charge in [0.1, 0.15) is 6.04 Å². The van der Waals surface area contributed by atoms with E-state index >= 15 is 0 Å². The number of hydrogen-bond donors (Lipinski definition) is 3. The monoisotopic (exact) mass is 492 g/mol. The van der Waals surface area contributed by atoms with E-state index < -0.39 is 36.2 Å². The van der Waals surface area contributed by atoms with Crippen LogP contribution in [0.15, 0.2) is 78.9 Å². The van der Waals surface area contributed by atoms with Gasteiger partial charge in [-0.25, -0.2) is 0 Å². The normalized spacial score (nSPS) is 12.3. The Balaban J connectivity index is 1.56. The maximum Gasteiger partial charge on any atom is 0.307 e. The molecule has 1 unspecified atom stereocenters. The molecule has 8 heteroatoms. The quantitative estimate of drug-likeness (QED) is 0.351. The lowest BCUT2D eigenvalue weighted by atomic mass is 9.94. The lowest BCUT2D eigenvalue weighted by Crippen LogP contribution is -2.42. The summed E-state index contributed by atoms with van der Waals surface area (Å²) < 4.78 is 0. The molecule has 3 rings (SSSR count). The number of anilines is 1. The fourth-order valence-electron chi connectivity index (χ4n) is 3.44. The summed E-state index contributed by atoms with van der Waals surface area (Å²) in [6, 6.07) is 21.9. The van der Waals surface area contributed by atoms with Crippen molar-refractivity contribution in [3.05, 3.63) is 89.4 Å². The minimum atomic E-state index is -1.26. The van der Waals surface area contributed by atoms with Crippen LogP contribution in [0.3, 0.4) is 0 Å². The number of carboxylic acids is 1. The Morgan fingerprint density at radius 3 is 1.97 bits per heavy atom. The summed E-state index contributed by atoms with van der Waals surface area (Å²) in [6.45, 7) is 1.50. The number of carboxylic acid groups (broad SMARTS) is 1. The highest BCUT2D eigenvalue weighted by Crippen LogP contribution is 2.23. The zero-order chi connectivity index (χ0) is 25.4. The number of carbonyl (C=O) groups is 4. The fraction of sp³-hybridized carbons (Fsp3) is 0.185. The van der Waals surface area contributed by atoms with Crippen molar-refractivity contribution in [1.82, 2.24) is 5.32 Å². The van der Waals surface area contributed by atoms with Crippen molar-refractivity contribution >= 4 is 40.9 Å². The van der Waals surface area contributed by atoms with E-state index in [0.717, 1.165) is 11.1 Å². The lowest BCUT2D eigenvalue weighted by Gasteiger charge is -2.16. The van der Waals surface area contributed by atoms with Crippen molar-refractivity contribution in [3.63, 3.8) is 0 Å². The predicted octanol–water partition coefficient (Wildman–Crippen LogP) is 4.81. The van der Waals surface area contributed by atoms with E-state index in [9.17, 15) is 24.3 Å². The van der Waals surface area contributed by atoms with Crippen molar-refractivity contribution in [3.8, 4) is 11.1 Å². The van der Waals surface area contributed by atoms with Gasteiger partial charge in [0.15, 0.2) is 5.78 Å². The minimum absolute atomic E-state index is 0.340.